The molecule has 6 heteroatoms. The molecule has 1 aliphatic heterocycles. The standard InChI is InChI=1S/C19H23N5O/c1-13-7-8-14(10-20-13)19(25)24-9-3-4-15(11-24)23-18-16-5-2-6-17(16)21-12-22-18/h7-8,10,12,15H,2-6,9,11H2,1H3,(H,21,22,23). The molecule has 1 atom stereocenters. The molecule has 4 rings (SSSR count). The minimum Gasteiger partial charge on any atom is -0.365 e. The van der Waals surface area contributed by atoms with Crippen LogP contribution in [0.25, 0.3) is 0 Å². The molecule has 3 heterocycles. The van der Waals surface area contributed by atoms with Gasteiger partial charge in [0.05, 0.1) is 5.56 Å². The number of pyridine rings is 1. The van der Waals surface area contributed by atoms with Gasteiger partial charge in [0.15, 0.2) is 0 Å². The van der Waals surface area contributed by atoms with E-state index in [2.05, 4.69) is 20.3 Å². The molecule has 1 saturated heterocycles. The summed E-state index contributed by atoms with van der Waals surface area (Å²) in [6, 6.07) is 3.98. The lowest BCUT2D eigenvalue weighted by Crippen LogP contribution is -2.45. The Balaban J connectivity index is 1.45. The number of amides is 1. The van der Waals surface area contributed by atoms with Crippen molar-refractivity contribution in [2.75, 3.05) is 18.4 Å². The number of piperidine rings is 1. The van der Waals surface area contributed by atoms with Crippen LogP contribution in [0.4, 0.5) is 5.82 Å². The Hall–Kier alpha value is -2.50. The lowest BCUT2D eigenvalue weighted by molar-refractivity contribution is 0.0714. The van der Waals surface area contributed by atoms with Gasteiger partial charge < -0.3 is 10.2 Å². The van der Waals surface area contributed by atoms with Crippen molar-refractivity contribution in [3.8, 4) is 0 Å². The van der Waals surface area contributed by atoms with Crippen molar-refractivity contribution in [3.05, 3.63) is 47.2 Å². The van der Waals surface area contributed by atoms with Crippen LogP contribution in [0.2, 0.25) is 0 Å². The maximum absolute atomic E-state index is 12.7. The zero-order valence-corrected chi connectivity index (χ0v) is 14.5. The molecule has 0 spiro atoms. The van der Waals surface area contributed by atoms with Crippen molar-refractivity contribution in [1.82, 2.24) is 19.9 Å². The van der Waals surface area contributed by atoms with Gasteiger partial charge in [-0.05, 0) is 51.2 Å². The first-order valence-electron chi connectivity index (χ1n) is 9.02. The molecule has 0 bridgehead atoms. The topological polar surface area (TPSA) is 71.0 Å². The second-order valence-corrected chi connectivity index (χ2v) is 6.92. The van der Waals surface area contributed by atoms with E-state index in [9.17, 15) is 4.79 Å². The Labute approximate surface area is 147 Å². The number of nitrogens with zero attached hydrogens (tertiary/aromatic N) is 4. The number of hydrogen-bond donors (Lipinski definition) is 1. The highest BCUT2D eigenvalue weighted by atomic mass is 16.2. The van der Waals surface area contributed by atoms with Crippen LogP contribution in [0, 0.1) is 6.92 Å². The van der Waals surface area contributed by atoms with E-state index >= 15 is 0 Å². The monoisotopic (exact) mass is 337 g/mol. The van der Waals surface area contributed by atoms with Gasteiger partial charge in [-0.15, -0.1) is 0 Å². The number of hydrogen-bond acceptors (Lipinski definition) is 5. The molecule has 2 aliphatic rings. The van der Waals surface area contributed by atoms with Gasteiger partial charge in [-0.25, -0.2) is 9.97 Å². The highest BCUT2D eigenvalue weighted by Crippen LogP contribution is 2.26. The number of aromatic nitrogens is 3. The van der Waals surface area contributed by atoms with Crippen LogP contribution < -0.4 is 5.32 Å². The number of likely N-dealkylation sites (tertiary alicyclic amines) is 1. The molecule has 6 nitrogen and oxygen atoms in total. The molecular formula is C19H23N5O. The molecule has 1 aliphatic carbocycles. The van der Waals surface area contributed by atoms with Crippen LogP contribution in [-0.2, 0) is 12.8 Å². The molecular weight excluding hydrogens is 314 g/mol. The normalized spacial score (nSPS) is 19.6. The van der Waals surface area contributed by atoms with E-state index in [0.29, 0.717) is 12.1 Å². The molecule has 2 aromatic heterocycles. The quantitative estimate of drug-likeness (QED) is 0.931. The number of carbonyl (C=O) groups is 1. The van der Waals surface area contributed by atoms with E-state index in [0.717, 1.165) is 50.2 Å². The van der Waals surface area contributed by atoms with Crippen molar-refractivity contribution in [3.63, 3.8) is 0 Å². The fourth-order valence-electron chi connectivity index (χ4n) is 3.73. The van der Waals surface area contributed by atoms with Gasteiger partial charge in [-0.3, -0.25) is 9.78 Å². The van der Waals surface area contributed by atoms with Crippen LogP contribution in [0.3, 0.4) is 0 Å². The lowest BCUT2D eigenvalue weighted by atomic mass is 10.0. The number of fused-ring (bicyclic) bond motifs is 1. The predicted molar refractivity (Wildman–Crippen MR) is 95.6 cm³/mol. The third-order valence-electron chi connectivity index (χ3n) is 5.08. The molecule has 1 N–H and O–H groups in total. The van der Waals surface area contributed by atoms with Crippen LogP contribution in [-0.4, -0.2) is 44.9 Å². The van der Waals surface area contributed by atoms with E-state index in [4.69, 9.17) is 0 Å². The zero-order valence-electron chi connectivity index (χ0n) is 14.5. The maximum atomic E-state index is 12.7. The minimum absolute atomic E-state index is 0.0620. The Morgan fingerprint density at radius 3 is 2.96 bits per heavy atom. The van der Waals surface area contributed by atoms with Gasteiger partial charge in [0.1, 0.15) is 12.1 Å². The largest absolute Gasteiger partial charge is 0.365 e. The third-order valence-corrected chi connectivity index (χ3v) is 5.08. The molecule has 0 radical (unpaired) electrons. The maximum Gasteiger partial charge on any atom is 0.255 e. The fourth-order valence-corrected chi connectivity index (χ4v) is 3.73. The van der Waals surface area contributed by atoms with Crippen molar-refractivity contribution in [2.45, 2.75) is 45.1 Å². The van der Waals surface area contributed by atoms with Crippen molar-refractivity contribution < 1.29 is 4.79 Å². The summed E-state index contributed by atoms with van der Waals surface area (Å²) >= 11 is 0. The second kappa shape index (κ2) is 6.78. The van der Waals surface area contributed by atoms with Crippen molar-refractivity contribution in [1.29, 1.82) is 0 Å². The number of aryl methyl sites for hydroxylation is 2. The Morgan fingerprint density at radius 1 is 1.20 bits per heavy atom. The summed E-state index contributed by atoms with van der Waals surface area (Å²) < 4.78 is 0. The molecule has 1 fully saturated rings. The van der Waals surface area contributed by atoms with Gasteiger partial charge in [0.25, 0.3) is 5.91 Å². The summed E-state index contributed by atoms with van der Waals surface area (Å²) in [7, 11) is 0. The van der Waals surface area contributed by atoms with Crippen molar-refractivity contribution in [2.24, 2.45) is 0 Å². The molecule has 2 aromatic rings. The first kappa shape index (κ1) is 16.0. The number of rotatable bonds is 3. The molecule has 130 valence electrons. The predicted octanol–water partition coefficient (Wildman–Crippen LogP) is 2.39. The van der Waals surface area contributed by atoms with E-state index in [1.165, 1.54) is 11.3 Å². The Bertz CT molecular complexity index is 774. The minimum atomic E-state index is 0.0620. The second-order valence-electron chi connectivity index (χ2n) is 6.92. The van der Waals surface area contributed by atoms with E-state index in [-0.39, 0.29) is 11.9 Å². The van der Waals surface area contributed by atoms with E-state index in [1.54, 1.807) is 12.5 Å². The first-order valence-corrected chi connectivity index (χ1v) is 9.02. The van der Waals surface area contributed by atoms with Crippen LogP contribution >= 0.6 is 0 Å². The van der Waals surface area contributed by atoms with E-state index in [1.807, 2.05) is 24.0 Å². The average Bonchev–Trinajstić information content (AvgIpc) is 3.12. The smallest absolute Gasteiger partial charge is 0.255 e. The van der Waals surface area contributed by atoms with Crippen LogP contribution in [0.1, 0.15) is 46.6 Å². The highest BCUT2D eigenvalue weighted by molar-refractivity contribution is 5.94. The molecule has 1 unspecified atom stereocenters. The molecule has 0 saturated carbocycles. The van der Waals surface area contributed by atoms with Gasteiger partial charge in [0.2, 0.25) is 0 Å². The molecule has 25 heavy (non-hydrogen) atoms. The summed E-state index contributed by atoms with van der Waals surface area (Å²) in [5, 5.41) is 3.57. The summed E-state index contributed by atoms with van der Waals surface area (Å²) in [6.07, 6.45) is 8.61. The van der Waals surface area contributed by atoms with Gasteiger partial charge in [0, 0.05) is 42.3 Å². The Kier molecular flexibility index (Phi) is 4.34. The highest BCUT2D eigenvalue weighted by Gasteiger charge is 2.26. The van der Waals surface area contributed by atoms with Crippen LogP contribution in [0.5, 0.6) is 0 Å². The molecule has 1 amide bonds. The average molecular weight is 337 g/mol. The van der Waals surface area contributed by atoms with Gasteiger partial charge in [-0.2, -0.15) is 0 Å². The van der Waals surface area contributed by atoms with Crippen molar-refractivity contribution >= 4 is 11.7 Å². The molecule has 0 aromatic carbocycles. The van der Waals surface area contributed by atoms with Gasteiger partial charge >= 0.3 is 0 Å². The summed E-state index contributed by atoms with van der Waals surface area (Å²) in [5.74, 6) is 1.02. The summed E-state index contributed by atoms with van der Waals surface area (Å²) in [4.78, 5) is 27.7. The SMILES string of the molecule is Cc1ccc(C(=O)N2CCCC(Nc3ncnc4c3CCC4)C2)cn1. The fraction of sp³-hybridized carbons (Fsp3) is 0.474. The van der Waals surface area contributed by atoms with Crippen LogP contribution in [0.15, 0.2) is 24.7 Å². The zero-order chi connectivity index (χ0) is 17.2. The Morgan fingerprint density at radius 2 is 2.12 bits per heavy atom. The summed E-state index contributed by atoms with van der Waals surface area (Å²) in [6.45, 7) is 3.42. The first-order chi connectivity index (χ1) is 12.2. The number of anilines is 1. The number of nitrogens with one attached hydrogen (secondary N) is 1. The number of carbonyl (C=O) groups excluding carboxylic acids is 1. The third kappa shape index (κ3) is 3.34. The lowest BCUT2D eigenvalue weighted by Gasteiger charge is -2.33. The van der Waals surface area contributed by atoms with Gasteiger partial charge in [-0.1, -0.05) is 0 Å². The van der Waals surface area contributed by atoms with E-state index < -0.39 is 0 Å². The summed E-state index contributed by atoms with van der Waals surface area (Å²) in [5.41, 5.74) is 4.02.